The van der Waals surface area contributed by atoms with E-state index in [0.29, 0.717) is 57.8 Å². The molecule has 5 N–H and O–H groups in total. The second kappa shape index (κ2) is 17.9. The maximum atomic E-state index is 13.4. The lowest BCUT2D eigenvalue weighted by atomic mass is 9.44. The number of Topliss-reactive ketones (excluding diaryl/α,β-unsaturated/α-hetero) is 2. The second-order valence-corrected chi connectivity index (χ2v) is 24.5. The largest absolute Gasteiger partial charge is 0.478 e. The van der Waals surface area contributed by atoms with Crippen LogP contribution >= 0.6 is 0 Å². The van der Waals surface area contributed by atoms with E-state index >= 15 is 0 Å². The third-order valence-corrected chi connectivity index (χ3v) is 21.1. The van der Waals surface area contributed by atoms with E-state index in [1.165, 1.54) is 61.8 Å². The van der Waals surface area contributed by atoms with Crippen molar-refractivity contribution in [3.63, 3.8) is 0 Å². The van der Waals surface area contributed by atoms with E-state index in [4.69, 9.17) is 10.8 Å². The van der Waals surface area contributed by atoms with Crippen molar-refractivity contribution in [3.05, 3.63) is 35.9 Å². The molecule has 368 valence electrons. The molecule has 8 fully saturated rings. The first-order valence-electron chi connectivity index (χ1n) is 25.2. The third kappa shape index (κ3) is 8.56. The number of fused-ring (bicyclic) bond motifs is 10. The minimum Gasteiger partial charge on any atom is -0.478 e. The number of aromatic carboxylic acids is 1. The molecule has 2 heterocycles. The van der Waals surface area contributed by atoms with Crippen molar-refractivity contribution in [3.8, 4) is 0 Å². The van der Waals surface area contributed by atoms with Crippen LogP contribution in [0, 0.1) is 80.8 Å². The van der Waals surface area contributed by atoms with Crippen LogP contribution in [0.3, 0.4) is 0 Å². The molecule has 16 atom stereocenters. The zero-order chi connectivity index (χ0) is 45.8. The first-order chi connectivity index (χ1) is 30.1. The molecule has 66 heavy (non-hydrogen) atoms. The van der Waals surface area contributed by atoms with Crippen molar-refractivity contribution in [2.45, 2.75) is 196 Å². The van der Waals surface area contributed by atoms with Gasteiger partial charge in [0.05, 0.1) is 47.8 Å². The van der Waals surface area contributed by atoms with Crippen molar-refractivity contribution in [2.75, 3.05) is 0 Å². The molecule has 0 aromatic carbocycles. The van der Waals surface area contributed by atoms with Gasteiger partial charge < -0.3 is 21.1 Å². The normalized spacial score (nSPS) is 44.2. The minimum atomic E-state index is -1.01. The van der Waals surface area contributed by atoms with Crippen LogP contribution in [-0.4, -0.2) is 69.5 Å². The van der Waals surface area contributed by atoms with Gasteiger partial charge in [0.2, 0.25) is 0 Å². The van der Waals surface area contributed by atoms with Gasteiger partial charge >= 0.3 is 5.97 Å². The Balaban J connectivity index is 0.000000191. The van der Waals surface area contributed by atoms with Gasteiger partial charge in [-0.1, -0.05) is 42.5 Å². The van der Waals surface area contributed by atoms with Crippen molar-refractivity contribution in [1.82, 2.24) is 19.6 Å². The molecule has 10 rings (SSSR count). The quantitative estimate of drug-likeness (QED) is 0.200. The van der Waals surface area contributed by atoms with Gasteiger partial charge in [-0.25, -0.2) is 4.79 Å². The zero-order valence-corrected chi connectivity index (χ0v) is 39.6. The second-order valence-electron chi connectivity index (χ2n) is 24.5. The molecule has 12 heteroatoms. The van der Waals surface area contributed by atoms with Crippen LogP contribution in [0.25, 0.3) is 0 Å². The van der Waals surface area contributed by atoms with Crippen LogP contribution in [0.4, 0.5) is 0 Å². The van der Waals surface area contributed by atoms with Gasteiger partial charge in [0.15, 0.2) is 11.6 Å². The van der Waals surface area contributed by atoms with Gasteiger partial charge in [-0.15, -0.1) is 0 Å². The number of primary amides is 1. The fraction of sp³-hybridized carbons (Fsp3) is 0.815. The van der Waals surface area contributed by atoms with Crippen molar-refractivity contribution in [1.29, 1.82) is 0 Å². The lowest BCUT2D eigenvalue weighted by molar-refractivity contribution is -0.151. The highest BCUT2D eigenvalue weighted by Crippen LogP contribution is 2.70. The van der Waals surface area contributed by atoms with Gasteiger partial charge in [0, 0.05) is 24.2 Å². The summed E-state index contributed by atoms with van der Waals surface area (Å²) in [7, 11) is 0. The summed E-state index contributed by atoms with van der Waals surface area (Å²) in [6.45, 7) is 14.2. The van der Waals surface area contributed by atoms with E-state index < -0.39 is 23.1 Å². The number of carboxylic acid groups (broad SMARTS) is 1. The number of nitrogens with two attached hydrogens (primary N) is 1. The number of hydrogen-bond donors (Lipinski definition) is 4. The van der Waals surface area contributed by atoms with Gasteiger partial charge in [0.25, 0.3) is 5.91 Å². The number of aliphatic hydroxyl groups is 2. The molecule has 1 amide bonds. The molecule has 0 bridgehead atoms. The molecule has 0 unspecified atom stereocenters. The lowest BCUT2D eigenvalue weighted by Gasteiger charge is -2.61. The Morgan fingerprint density at radius 2 is 0.955 bits per heavy atom. The Bertz CT molecular complexity index is 1990. The predicted octanol–water partition coefficient (Wildman–Crippen LogP) is 9.79. The van der Waals surface area contributed by atoms with Gasteiger partial charge in [0.1, 0.15) is 0 Å². The van der Waals surface area contributed by atoms with E-state index in [0.717, 1.165) is 83.0 Å². The van der Waals surface area contributed by atoms with Crippen molar-refractivity contribution < 1.29 is 34.5 Å². The summed E-state index contributed by atoms with van der Waals surface area (Å²) >= 11 is 0. The Morgan fingerprint density at radius 1 is 0.561 bits per heavy atom. The molecule has 8 aliphatic rings. The number of aromatic nitrogens is 4. The number of ketones is 2. The Kier molecular flexibility index (Phi) is 13.7. The summed E-state index contributed by atoms with van der Waals surface area (Å²) < 4.78 is 3.07. The third-order valence-electron chi connectivity index (χ3n) is 21.1. The first kappa shape index (κ1) is 50.5. The van der Waals surface area contributed by atoms with Gasteiger partial charge in [-0.2, -0.15) is 10.2 Å². The summed E-state index contributed by atoms with van der Waals surface area (Å²) in [6.07, 6.45) is 25.6. The predicted molar refractivity (Wildman–Crippen MR) is 255 cm³/mol. The highest BCUT2D eigenvalue weighted by Gasteiger charge is 2.63. The van der Waals surface area contributed by atoms with E-state index in [1.54, 1.807) is 10.9 Å². The van der Waals surface area contributed by atoms with Gasteiger partial charge in [-0.05, 0) is 198 Å². The van der Waals surface area contributed by atoms with Gasteiger partial charge in [-0.3, -0.25) is 23.7 Å². The molecule has 0 spiro atoms. The number of hydrogen-bond acceptors (Lipinski definition) is 8. The number of amides is 1. The van der Waals surface area contributed by atoms with Crippen LogP contribution in [-0.2, 0) is 22.7 Å². The molecule has 2 aromatic rings. The highest BCUT2D eigenvalue weighted by atomic mass is 16.4. The molecule has 0 radical (unpaired) electrons. The molecule has 8 aliphatic carbocycles. The zero-order valence-electron chi connectivity index (χ0n) is 39.6. The highest BCUT2D eigenvalue weighted by molar-refractivity contribution is 5.92. The van der Waals surface area contributed by atoms with Crippen LogP contribution in [0.5, 0.6) is 0 Å². The number of nitrogens with zero attached hydrogens (tertiary/aromatic N) is 4. The Morgan fingerprint density at radius 3 is 1.33 bits per heavy atom. The van der Waals surface area contributed by atoms with Crippen LogP contribution in [0.15, 0.2) is 24.8 Å². The summed E-state index contributed by atoms with van der Waals surface area (Å²) in [6, 6.07) is 0. The Labute approximate surface area is 395 Å². The summed E-state index contributed by atoms with van der Waals surface area (Å²) in [5.74, 6) is 4.39. The molecule has 12 nitrogen and oxygen atoms in total. The average molecular weight is 916 g/mol. The number of carboxylic acids is 1. The molecular weight excluding hydrogens is 831 g/mol. The number of carbonyl (C=O) groups is 4. The topological polar surface area (TPSA) is 191 Å². The maximum Gasteiger partial charge on any atom is 0.338 e. The molecular formula is C54H85N5O7. The minimum absolute atomic E-state index is 0. The number of carbonyl (C=O) groups excluding carboxylic acids is 3. The smallest absolute Gasteiger partial charge is 0.338 e. The van der Waals surface area contributed by atoms with Crippen molar-refractivity contribution in [2.24, 2.45) is 86.6 Å². The maximum absolute atomic E-state index is 13.4. The first-order valence-corrected chi connectivity index (χ1v) is 25.2. The summed E-state index contributed by atoms with van der Waals surface area (Å²) in [4.78, 5) is 49.2. The Hall–Kier alpha value is -3.38. The molecule has 0 saturated heterocycles. The number of rotatable bonds is 8. The SMILES string of the molecule is C.C.C[C@@]1(O)CC[C@@]2(C)[C@@H](CC[C@@H]3[C@@H]2CC[C@]2(C)[C@@H](C(=O)Cn4cc(C(=O)O)cn4)CC[C@@H]32)C1.C[C@@]1(O)CC[C@@]2(C)[C@@H](CC[C@@H]3[C@@H]2CC[C@]2(C)[C@@H](C(=O)Cn4cc(C(N)=O)cn4)CC[C@@H]32)C1. The van der Waals surface area contributed by atoms with E-state index in [1.807, 2.05) is 13.8 Å². The molecule has 0 aliphatic heterocycles. The average Bonchev–Trinajstić information content (AvgIpc) is 4.04. The standard InChI is InChI=1S/C26H39N3O3.C26H38N2O4.2CH4/c1-24(32)10-11-25(2)17(12-24)4-5-18-19-6-7-21(26(19,3)9-8-20(18)25)22(30)15-29-14-16(13-28-29)23(27)31;1-24(32)10-11-25(2)17(12-24)4-5-18-19-6-7-21(26(19,3)9-8-20(18)25)22(29)15-28-14-16(13-27-28)23(30)31;;/h13-14,17-21,32H,4-12,15H2,1-3H3,(H2,27,31);13-14,17-21,32H,4-12,15H2,1-3H3,(H,30,31);2*1H4/t2*17-,18-,19-,20-,21+,24+,25-,26-;;/m00../s1. The fourth-order valence-corrected chi connectivity index (χ4v) is 17.6. The monoisotopic (exact) mass is 916 g/mol. The van der Waals surface area contributed by atoms with E-state index in [-0.39, 0.29) is 67.7 Å². The molecule has 8 saturated carbocycles. The van der Waals surface area contributed by atoms with Crippen LogP contribution in [0.1, 0.15) is 193 Å². The summed E-state index contributed by atoms with van der Waals surface area (Å²) in [5, 5.41) is 38.8. The summed E-state index contributed by atoms with van der Waals surface area (Å²) in [5.41, 5.74) is 5.61. The van der Waals surface area contributed by atoms with E-state index in [9.17, 15) is 29.4 Å². The fourth-order valence-electron chi connectivity index (χ4n) is 17.6. The molecule has 2 aromatic heterocycles. The van der Waals surface area contributed by atoms with E-state index in [2.05, 4.69) is 37.9 Å². The van der Waals surface area contributed by atoms with Crippen LogP contribution in [0.2, 0.25) is 0 Å². The van der Waals surface area contributed by atoms with Crippen molar-refractivity contribution >= 4 is 23.4 Å². The lowest BCUT2D eigenvalue weighted by Crippen LogP contribution is -2.55. The van der Waals surface area contributed by atoms with Crippen LogP contribution < -0.4 is 5.73 Å².